The molecule has 0 saturated carbocycles. The number of nitrogens with zero attached hydrogens (tertiary/aromatic N) is 1. The van der Waals surface area contributed by atoms with Crippen molar-refractivity contribution in [3.8, 4) is 0 Å². The standard InChI is InChI=1S/C10H11N3O3.C2H6N2O/c11-3-4-13-8-5-6(9(14)15)1-2-7(8)12-10(13)16;1-4-2(3)5/h1-2,5H,3-4,11H2,(H,12,16)(H,14,15);1H3,(H3,3,4,5). The smallest absolute Gasteiger partial charge is 0.335 e. The molecule has 0 aliphatic heterocycles. The number of primary amides is 1. The van der Waals surface area contributed by atoms with Crippen LogP contribution in [0.3, 0.4) is 0 Å². The molecule has 9 heteroatoms. The SMILES string of the molecule is CNC(N)=O.NCCn1c(=O)[nH]c2ccc(C(=O)O)cc21. The molecule has 0 aliphatic carbocycles. The first-order chi connectivity index (χ1) is 9.90. The van der Waals surface area contributed by atoms with Crippen molar-refractivity contribution in [1.82, 2.24) is 14.9 Å². The van der Waals surface area contributed by atoms with E-state index in [9.17, 15) is 14.4 Å². The summed E-state index contributed by atoms with van der Waals surface area (Å²) in [7, 11) is 1.47. The normalized spacial score (nSPS) is 9.81. The Morgan fingerprint density at radius 3 is 2.52 bits per heavy atom. The summed E-state index contributed by atoms with van der Waals surface area (Å²) in [6.07, 6.45) is 0. The van der Waals surface area contributed by atoms with Crippen molar-refractivity contribution in [2.24, 2.45) is 11.5 Å². The number of benzene rings is 1. The lowest BCUT2D eigenvalue weighted by Crippen LogP contribution is -2.24. The number of urea groups is 1. The lowest BCUT2D eigenvalue weighted by Gasteiger charge is -2.00. The van der Waals surface area contributed by atoms with Crippen molar-refractivity contribution in [1.29, 1.82) is 0 Å². The number of amides is 2. The van der Waals surface area contributed by atoms with Crippen LogP contribution < -0.4 is 22.5 Å². The number of carbonyl (C=O) groups is 2. The summed E-state index contributed by atoms with van der Waals surface area (Å²) < 4.78 is 1.43. The number of hydrogen-bond acceptors (Lipinski definition) is 4. The Morgan fingerprint density at radius 2 is 2.05 bits per heavy atom. The minimum Gasteiger partial charge on any atom is -0.478 e. The lowest BCUT2D eigenvalue weighted by atomic mass is 10.2. The summed E-state index contributed by atoms with van der Waals surface area (Å²) in [5, 5.41) is 11.0. The van der Waals surface area contributed by atoms with E-state index in [4.69, 9.17) is 10.8 Å². The predicted molar refractivity (Wildman–Crippen MR) is 77.2 cm³/mol. The maximum atomic E-state index is 11.5. The third-order valence-electron chi connectivity index (χ3n) is 2.62. The van der Waals surface area contributed by atoms with Crippen LogP contribution in [-0.2, 0) is 6.54 Å². The Morgan fingerprint density at radius 1 is 1.43 bits per heavy atom. The fraction of sp³-hybridized carbons (Fsp3) is 0.250. The molecule has 0 fully saturated rings. The quantitative estimate of drug-likeness (QED) is 0.504. The van der Waals surface area contributed by atoms with Crippen LogP contribution >= 0.6 is 0 Å². The van der Waals surface area contributed by atoms with Gasteiger partial charge in [0.25, 0.3) is 0 Å². The molecule has 2 aromatic rings. The second-order valence-corrected chi connectivity index (χ2v) is 4.02. The predicted octanol–water partition coefficient (Wildman–Crippen LogP) is -0.729. The van der Waals surface area contributed by atoms with Gasteiger partial charge in [0, 0.05) is 20.1 Å². The minimum atomic E-state index is -1.02. The molecule has 0 bridgehead atoms. The van der Waals surface area contributed by atoms with Gasteiger partial charge in [0.1, 0.15) is 0 Å². The van der Waals surface area contributed by atoms with Crippen LogP contribution in [-0.4, -0.2) is 40.3 Å². The summed E-state index contributed by atoms with van der Waals surface area (Å²) in [5.74, 6) is -1.02. The van der Waals surface area contributed by atoms with Crippen LogP contribution in [0.2, 0.25) is 0 Å². The number of aromatic nitrogens is 2. The van der Waals surface area contributed by atoms with Gasteiger partial charge in [0.15, 0.2) is 0 Å². The maximum Gasteiger partial charge on any atom is 0.335 e. The molecule has 7 N–H and O–H groups in total. The zero-order valence-electron chi connectivity index (χ0n) is 11.4. The molecular weight excluding hydrogens is 278 g/mol. The number of nitrogens with two attached hydrogens (primary N) is 2. The van der Waals surface area contributed by atoms with Gasteiger partial charge in [-0.2, -0.15) is 0 Å². The Bertz CT molecular complexity index is 703. The number of imidazole rings is 1. The fourth-order valence-corrected chi connectivity index (χ4v) is 1.64. The molecule has 114 valence electrons. The fourth-order valence-electron chi connectivity index (χ4n) is 1.64. The van der Waals surface area contributed by atoms with E-state index in [-0.39, 0.29) is 11.3 Å². The largest absolute Gasteiger partial charge is 0.478 e. The maximum absolute atomic E-state index is 11.5. The van der Waals surface area contributed by atoms with Gasteiger partial charge in [0.05, 0.1) is 16.6 Å². The average Bonchev–Trinajstić information content (AvgIpc) is 2.75. The first-order valence-corrected chi connectivity index (χ1v) is 6.03. The van der Waals surface area contributed by atoms with Crippen LogP contribution in [0.4, 0.5) is 4.79 Å². The van der Waals surface area contributed by atoms with E-state index in [1.807, 2.05) is 0 Å². The highest BCUT2D eigenvalue weighted by Gasteiger charge is 2.09. The van der Waals surface area contributed by atoms with Crippen LogP contribution in [0, 0.1) is 0 Å². The van der Waals surface area contributed by atoms with Gasteiger partial charge < -0.3 is 26.9 Å². The van der Waals surface area contributed by atoms with E-state index >= 15 is 0 Å². The van der Waals surface area contributed by atoms with Gasteiger partial charge in [-0.05, 0) is 18.2 Å². The molecule has 2 amide bonds. The highest BCUT2D eigenvalue weighted by molar-refractivity contribution is 5.92. The van der Waals surface area contributed by atoms with E-state index < -0.39 is 12.0 Å². The Kier molecular flexibility index (Phi) is 5.49. The van der Waals surface area contributed by atoms with E-state index in [2.05, 4.69) is 16.0 Å². The van der Waals surface area contributed by atoms with Crippen LogP contribution in [0.5, 0.6) is 0 Å². The third kappa shape index (κ3) is 4.08. The van der Waals surface area contributed by atoms with Crippen molar-refractivity contribution in [3.63, 3.8) is 0 Å². The van der Waals surface area contributed by atoms with Gasteiger partial charge in [-0.1, -0.05) is 0 Å². The summed E-state index contributed by atoms with van der Waals surface area (Å²) in [4.78, 5) is 34.4. The number of carbonyl (C=O) groups excluding carboxylic acids is 1. The van der Waals surface area contributed by atoms with E-state index in [0.717, 1.165) is 0 Å². The second kappa shape index (κ2) is 7.10. The number of hydrogen-bond donors (Lipinski definition) is 5. The lowest BCUT2D eigenvalue weighted by molar-refractivity contribution is 0.0697. The van der Waals surface area contributed by atoms with E-state index in [1.165, 1.54) is 23.7 Å². The molecule has 2 rings (SSSR count). The molecule has 21 heavy (non-hydrogen) atoms. The molecule has 0 unspecified atom stereocenters. The highest BCUT2D eigenvalue weighted by atomic mass is 16.4. The summed E-state index contributed by atoms with van der Waals surface area (Å²) >= 11 is 0. The molecule has 9 nitrogen and oxygen atoms in total. The van der Waals surface area contributed by atoms with Crippen molar-refractivity contribution >= 4 is 23.0 Å². The van der Waals surface area contributed by atoms with Gasteiger partial charge in [0.2, 0.25) is 0 Å². The van der Waals surface area contributed by atoms with Crippen LogP contribution in [0.1, 0.15) is 10.4 Å². The number of carboxylic acids is 1. The molecule has 0 radical (unpaired) electrons. The zero-order chi connectivity index (χ0) is 16.0. The number of aromatic carboxylic acids is 1. The number of nitrogens with one attached hydrogen (secondary N) is 2. The Hall–Kier alpha value is -2.81. The first-order valence-electron chi connectivity index (χ1n) is 6.03. The highest BCUT2D eigenvalue weighted by Crippen LogP contribution is 2.12. The second-order valence-electron chi connectivity index (χ2n) is 4.02. The van der Waals surface area contributed by atoms with Crippen LogP contribution in [0.15, 0.2) is 23.0 Å². The first kappa shape index (κ1) is 16.2. The summed E-state index contributed by atoms with van der Waals surface area (Å²) in [5.41, 5.74) is 11.0. The van der Waals surface area contributed by atoms with E-state index in [0.29, 0.717) is 24.1 Å². The van der Waals surface area contributed by atoms with Crippen LogP contribution in [0.25, 0.3) is 11.0 Å². The number of aromatic amines is 1. The average molecular weight is 295 g/mol. The number of carboxylic acid groups (broad SMARTS) is 1. The molecule has 1 heterocycles. The molecule has 0 atom stereocenters. The molecule has 0 saturated heterocycles. The molecule has 1 aromatic carbocycles. The van der Waals surface area contributed by atoms with Crippen molar-refractivity contribution in [2.45, 2.75) is 6.54 Å². The van der Waals surface area contributed by atoms with Crippen molar-refractivity contribution in [3.05, 3.63) is 34.2 Å². The van der Waals surface area contributed by atoms with E-state index in [1.54, 1.807) is 6.07 Å². The van der Waals surface area contributed by atoms with Gasteiger partial charge in [-0.15, -0.1) is 0 Å². The Balaban J connectivity index is 0.000000383. The molecule has 1 aromatic heterocycles. The molecule has 0 aliphatic rings. The minimum absolute atomic E-state index is 0.150. The molecular formula is C12H17N5O4. The third-order valence-corrected chi connectivity index (χ3v) is 2.62. The van der Waals surface area contributed by atoms with Gasteiger partial charge in [-0.25, -0.2) is 14.4 Å². The van der Waals surface area contributed by atoms with Crippen molar-refractivity contribution in [2.75, 3.05) is 13.6 Å². The van der Waals surface area contributed by atoms with Gasteiger partial charge >= 0.3 is 17.7 Å². The Labute approximate surface area is 119 Å². The van der Waals surface area contributed by atoms with Gasteiger partial charge in [-0.3, -0.25) is 4.57 Å². The zero-order valence-corrected chi connectivity index (χ0v) is 11.4. The topological polar surface area (TPSA) is 156 Å². The molecule has 0 spiro atoms. The number of fused-ring (bicyclic) bond motifs is 1. The number of rotatable bonds is 3. The van der Waals surface area contributed by atoms with Crippen molar-refractivity contribution < 1.29 is 14.7 Å². The summed E-state index contributed by atoms with van der Waals surface area (Å²) in [6, 6.07) is 4.00. The number of H-pyrrole nitrogens is 1. The summed E-state index contributed by atoms with van der Waals surface area (Å²) in [6.45, 7) is 0.687. The monoisotopic (exact) mass is 295 g/mol.